The van der Waals surface area contributed by atoms with Gasteiger partial charge in [-0.25, -0.2) is 0 Å². The minimum atomic E-state index is -0.0822. The molecule has 4 N–H and O–H groups in total. The smallest absolute Gasteiger partial charge is 0.146 e. The van der Waals surface area contributed by atoms with Crippen LogP contribution in [0.1, 0.15) is 22.3 Å². The largest absolute Gasteiger partial charge is 0.505 e. The van der Waals surface area contributed by atoms with E-state index in [1.807, 2.05) is 36.4 Å². The van der Waals surface area contributed by atoms with Gasteiger partial charge in [-0.1, -0.05) is 44.0 Å². The van der Waals surface area contributed by atoms with Gasteiger partial charge < -0.3 is 20.4 Å². The second-order valence-electron chi connectivity index (χ2n) is 9.61. The first-order chi connectivity index (χ1) is 19.8. The van der Waals surface area contributed by atoms with Crippen molar-refractivity contribution in [3.63, 3.8) is 0 Å². The summed E-state index contributed by atoms with van der Waals surface area (Å²) < 4.78 is 1.72. The van der Waals surface area contributed by atoms with Gasteiger partial charge in [-0.3, -0.25) is 0 Å². The number of nitrogens with zero attached hydrogens (tertiary/aromatic N) is 6. The van der Waals surface area contributed by atoms with Crippen LogP contribution in [0.15, 0.2) is 69.6 Å². The summed E-state index contributed by atoms with van der Waals surface area (Å²) in [4.78, 5) is 2.75. The quantitative estimate of drug-likeness (QED) is 0.181. The van der Waals surface area contributed by atoms with Gasteiger partial charge in [-0.05, 0) is 72.5 Å². The summed E-state index contributed by atoms with van der Waals surface area (Å²) in [7, 11) is 0. The third-order valence-corrected chi connectivity index (χ3v) is 7.74. The highest BCUT2D eigenvalue weighted by Crippen LogP contribution is 2.35. The van der Waals surface area contributed by atoms with Crippen LogP contribution in [0.3, 0.4) is 0 Å². The number of phenolic OH excluding ortho intramolecular Hbond substituents is 2. The second-order valence-corrected chi connectivity index (χ2v) is 11.4. The maximum atomic E-state index is 11.4. The zero-order chi connectivity index (χ0) is 28.7. The van der Waals surface area contributed by atoms with Gasteiger partial charge in [0, 0.05) is 39.7 Å². The van der Waals surface area contributed by atoms with Crippen molar-refractivity contribution in [2.45, 2.75) is 19.3 Å². The SMILES string of the molecule is OCCc1cc(Cc2cc(CCO)cc(-n3nc4ccc(Br)cc4n3)c2O)c(O)c(-n2nc3ccc(Br)cc3n2)c1. The van der Waals surface area contributed by atoms with Crippen molar-refractivity contribution in [2.24, 2.45) is 0 Å². The molecule has 41 heavy (non-hydrogen) atoms. The van der Waals surface area contributed by atoms with Crippen LogP contribution in [0.25, 0.3) is 33.4 Å². The highest BCUT2D eigenvalue weighted by atomic mass is 79.9. The number of phenols is 2. The Labute approximate surface area is 250 Å². The summed E-state index contributed by atoms with van der Waals surface area (Å²) in [5, 5.41) is 60.3. The molecular formula is C29H24Br2N6O4. The van der Waals surface area contributed by atoms with E-state index in [1.165, 1.54) is 9.59 Å². The normalized spacial score (nSPS) is 11.6. The highest BCUT2D eigenvalue weighted by molar-refractivity contribution is 9.10. The van der Waals surface area contributed by atoms with Gasteiger partial charge >= 0.3 is 0 Å². The third-order valence-electron chi connectivity index (χ3n) is 6.75. The van der Waals surface area contributed by atoms with Crippen LogP contribution < -0.4 is 0 Å². The molecule has 6 aromatic rings. The van der Waals surface area contributed by atoms with E-state index in [2.05, 4.69) is 52.3 Å². The van der Waals surface area contributed by atoms with Crippen molar-refractivity contribution in [1.29, 1.82) is 0 Å². The predicted octanol–water partition coefficient (Wildman–Crippen LogP) is 4.75. The fraction of sp³-hybridized carbons (Fsp3) is 0.172. The van der Waals surface area contributed by atoms with E-state index >= 15 is 0 Å². The molecule has 0 aliphatic rings. The predicted molar refractivity (Wildman–Crippen MR) is 161 cm³/mol. The molecule has 6 rings (SSSR count). The topological polar surface area (TPSA) is 142 Å². The van der Waals surface area contributed by atoms with Gasteiger partial charge in [0.05, 0.1) is 0 Å². The van der Waals surface area contributed by atoms with Gasteiger partial charge in [-0.2, -0.15) is 0 Å². The van der Waals surface area contributed by atoms with Crippen LogP contribution in [0.2, 0.25) is 0 Å². The van der Waals surface area contributed by atoms with E-state index < -0.39 is 0 Å². The standard InChI is InChI=1S/C29H24Br2N6O4/c30-20-1-3-22-24(14-20)34-36(32-22)26-11-16(5-7-38)9-18(28(26)40)13-19-10-17(6-8-39)12-27(29(19)41)37-33-23-4-2-21(31)15-25(23)35-37/h1-4,9-12,14-15,38-41H,5-8,13H2. The Balaban J connectivity index is 1.46. The van der Waals surface area contributed by atoms with Crippen molar-refractivity contribution >= 4 is 53.9 Å². The number of hydrogen-bond donors (Lipinski definition) is 4. The molecule has 0 radical (unpaired) electrons. The summed E-state index contributed by atoms with van der Waals surface area (Å²) in [5.41, 5.74) is 5.90. The molecular weight excluding hydrogens is 656 g/mol. The van der Waals surface area contributed by atoms with E-state index in [0.717, 1.165) is 20.1 Å². The molecule has 0 aliphatic heterocycles. The summed E-state index contributed by atoms with van der Waals surface area (Å²) in [6.07, 6.45) is 0.858. The molecule has 0 bridgehead atoms. The summed E-state index contributed by atoms with van der Waals surface area (Å²) >= 11 is 6.89. The first-order valence-corrected chi connectivity index (χ1v) is 14.4. The van der Waals surface area contributed by atoms with Gasteiger partial charge in [0.1, 0.15) is 44.9 Å². The first-order valence-electron chi connectivity index (χ1n) is 12.8. The van der Waals surface area contributed by atoms with Crippen LogP contribution >= 0.6 is 31.9 Å². The number of aliphatic hydroxyl groups excluding tert-OH is 2. The molecule has 2 heterocycles. The average molecular weight is 680 g/mol. The number of aromatic hydroxyl groups is 2. The molecule has 10 nitrogen and oxygen atoms in total. The molecule has 4 aromatic carbocycles. The molecule has 0 atom stereocenters. The molecule has 0 spiro atoms. The molecule has 0 fully saturated rings. The summed E-state index contributed by atoms with van der Waals surface area (Å²) in [6.45, 7) is -0.164. The van der Waals surface area contributed by atoms with Gasteiger partial charge in [0.15, 0.2) is 0 Å². The first kappa shape index (κ1) is 27.3. The van der Waals surface area contributed by atoms with Crippen LogP contribution in [-0.2, 0) is 19.3 Å². The maximum Gasteiger partial charge on any atom is 0.146 e. The Morgan fingerprint density at radius 3 is 1.39 bits per heavy atom. The van der Waals surface area contributed by atoms with Crippen LogP contribution in [0.5, 0.6) is 11.5 Å². The lowest BCUT2D eigenvalue weighted by molar-refractivity contribution is 0.299. The zero-order valence-electron chi connectivity index (χ0n) is 21.5. The van der Waals surface area contributed by atoms with Gasteiger partial charge in [0.2, 0.25) is 0 Å². The number of hydrogen-bond acceptors (Lipinski definition) is 8. The molecule has 0 saturated heterocycles. The van der Waals surface area contributed by atoms with Crippen molar-refractivity contribution in [2.75, 3.05) is 13.2 Å². The lowest BCUT2D eigenvalue weighted by atomic mass is 9.96. The number of halogens is 2. The average Bonchev–Trinajstić information content (AvgIpc) is 3.55. The van der Waals surface area contributed by atoms with Gasteiger partial charge in [-0.15, -0.1) is 30.0 Å². The molecule has 12 heteroatoms. The fourth-order valence-corrected chi connectivity index (χ4v) is 5.50. The number of aromatic nitrogens is 6. The van der Waals surface area contributed by atoms with Crippen molar-refractivity contribution < 1.29 is 20.4 Å². The Kier molecular flexibility index (Phi) is 7.47. The monoisotopic (exact) mass is 678 g/mol. The van der Waals surface area contributed by atoms with Gasteiger partial charge in [0.25, 0.3) is 0 Å². The second kappa shape index (κ2) is 11.2. The van der Waals surface area contributed by atoms with E-state index in [9.17, 15) is 20.4 Å². The Hall–Kier alpha value is -3.84. The van der Waals surface area contributed by atoms with E-state index in [-0.39, 0.29) is 31.1 Å². The highest BCUT2D eigenvalue weighted by Gasteiger charge is 2.20. The van der Waals surface area contributed by atoms with Crippen molar-refractivity contribution in [1.82, 2.24) is 30.0 Å². The Morgan fingerprint density at radius 1 is 0.561 bits per heavy atom. The maximum absolute atomic E-state index is 11.4. The molecule has 0 amide bonds. The van der Waals surface area contributed by atoms with Crippen LogP contribution in [-0.4, -0.2) is 63.6 Å². The third kappa shape index (κ3) is 5.43. The lowest BCUT2D eigenvalue weighted by Crippen LogP contribution is -2.06. The number of rotatable bonds is 8. The number of fused-ring (bicyclic) bond motifs is 2. The van der Waals surface area contributed by atoms with E-state index in [1.54, 1.807) is 24.3 Å². The van der Waals surface area contributed by atoms with Crippen LogP contribution in [0, 0.1) is 0 Å². The molecule has 0 unspecified atom stereocenters. The minimum absolute atomic E-state index is 0.0487. The van der Waals surface area contributed by atoms with Crippen molar-refractivity contribution in [3.8, 4) is 22.9 Å². The molecule has 208 valence electrons. The summed E-state index contributed by atoms with van der Waals surface area (Å²) in [6, 6.07) is 18.1. The Bertz CT molecular complexity index is 1780. The Morgan fingerprint density at radius 2 is 0.976 bits per heavy atom. The minimum Gasteiger partial charge on any atom is -0.505 e. The van der Waals surface area contributed by atoms with E-state index in [0.29, 0.717) is 57.4 Å². The fourth-order valence-electron chi connectivity index (χ4n) is 4.80. The number of aliphatic hydroxyl groups is 2. The number of benzene rings is 4. The van der Waals surface area contributed by atoms with Crippen molar-refractivity contribution in [3.05, 3.63) is 91.9 Å². The van der Waals surface area contributed by atoms with Crippen LogP contribution in [0.4, 0.5) is 0 Å². The lowest BCUT2D eigenvalue weighted by Gasteiger charge is -2.15. The summed E-state index contributed by atoms with van der Waals surface area (Å²) in [5.74, 6) is -0.0975. The molecule has 0 saturated carbocycles. The molecule has 0 aliphatic carbocycles. The zero-order valence-corrected chi connectivity index (χ0v) is 24.7. The van der Waals surface area contributed by atoms with E-state index in [4.69, 9.17) is 0 Å². The molecule has 2 aromatic heterocycles.